The molecule has 0 amide bonds. The predicted molar refractivity (Wildman–Crippen MR) is 103 cm³/mol. The van der Waals surface area contributed by atoms with Crippen LogP contribution >= 0.6 is 0 Å². The van der Waals surface area contributed by atoms with E-state index in [2.05, 4.69) is 13.8 Å². The fourth-order valence-electron chi connectivity index (χ4n) is 2.50. The molecule has 0 bridgehead atoms. The molecule has 0 aliphatic rings. The van der Waals surface area contributed by atoms with E-state index >= 15 is 0 Å². The van der Waals surface area contributed by atoms with E-state index in [1.807, 2.05) is 0 Å². The van der Waals surface area contributed by atoms with Crippen molar-refractivity contribution in [2.24, 2.45) is 0 Å². The molecule has 172 valence electrons. The summed E-state index contributed by atoms with van der Waals surface area (Å²) in [6, 6.07) is 0. The molecule has 0 N–H and O–H groups in total. The predicted octanol–water partition coefficient (Wildman–Crippen LogP) is -4.85. The van der Waals surface area contributed by atoms with Crippen LogP contribution in [0.1, 0.15) is 71.6 Å². The minimum absolute atomic E-state index is 0. The maximum atomic E-state index is 11.9. The van der Waals surface area contributed by atoms with Crippen molar-refractivity contribution in [3.8, 4) is 0 Å². The van der Waals surface area contributed by atoms with Crippen LogP contribution in [0.15, 0.2) is 0 Å². The molecule has 0 saturated heterocycles. The SMILES string of the molecule is CCCCCCOCC(COCCCCCC)OC(=O)CC(C(=O)[O-])S(=O)(=O)[O-].[Na+].[Na+]. The zero-order chi connectivity index (χ0) is 22.1. The standard InChI is InChI=1S/C19H36O9S.2Na/c1-3-5-7-9-11-26-14-16(15-27-12-10-8-6-4-2)28-18(20)13-17(19(21)22)29(23,24)25;;/h16-17H,3-15H2,1-2H3,(H,21,22)(H,23,24,25);;/q;2*+1/p-2. The van der Waals surface area contributed by atoms with E-state index in [0.717, 1.165) is 51.4 Å². The normalized spacial score (nSPS) is 12.0. The smallest absolute Gasteiger partial charge is 0.747 e. The molecule has 0 aliphatic carbocycles. The first-order valence-corrected chi connectivity index (χ1v) is 11.7. The largest absolute Gasteiger partial charge is 1.00 e. The Kier molecular flexibility index (Phi) is 26.4. The van der Waals surface area contributed by atoms with Crippen LogP contribution in [0.3, 0.4) is 0 Å². The summed E-state index contributed by atoms with van der Waals surface area (Å²) in [5, 5.41) is 8.33. The number of carboxylic acid groups (broad SMARTS) is 1. The maximum Gasteiger partial charge on any atom is 1.00 e. The van der Waals surface area contributed by atoms with Gasteiger partial charge in [-0.2, -0.15) is 0 Å². The summed E-state index contributed by atoms with van der Waals surface area (Å²) in [7, 11) is -5.23. The van der Waals surface area contributed by atoms with E-state index in [1.165, 1.54) is 0 Å². The van der Waals surface area contributed by atoms with Crippen molar-refractivity contribution >= 4 is 22.1 Å². The number of ether oxygens (including phenoxy) is 3. The average Bonchev–Trinajstić information content (AvgIpc) is 2.63. The molecule has 0 saturated carbocycles. The second-order valence-corrected chi connectivity index (χ2v) is 8.44. The van der Waals surface area contributed by atoms with Crippen LogP contribution < -0.4 is 64.2 Å². The third-order valence-corrected chi connectivity index (χ3v) is 5.21. The Hall–Kier alpha value is 0.770. The zero-order valence-electron chi connectivity index (χ0n) is 19.4. The molecule has 0 heterocycles. The number of carbonyl (C=O) groups is 2. The first kappa shape index (κ1) is 36.3. The van der Waals surface area contributed by atoms with E-state index in [9.17, 15) is 27.7 Å². The summed E-state index contributed by atoms with van der Waals surface area (Å²) >= 11 is 0. The van der Waals surface area contributed by atoms with Gasteiger partial charge in [0.25, 0.3) is 0 Å². The Labute approximate surface area is 230 Å². The van der Waals surface area contributed by atoms with Crippen molar-refractivity contribution in [3.05, 3.63) is 0 Å². The summed E-state index contributed by atoms with van der Waals surface area (Å²) in [6.07, 6.45) is 6.18. The van der Waals surface area contributed by atoms with Gasteiger partial charge in [0.05, 0.1) is 30.9 Å². The minimum atomic E-state index is -5.23. The van der Waals surface area contributed by atoms with Crippen molar-refractivity contribution in [3.63, 3.8) is 0 Å². The van der Waals surface area contributed by atoms with Gasteiger partial charge in [-0.25, -0.2) is 8.42 Å². The molecular formula is C19H34Na2O9S. The average molecular weight is 485 g/mol. The molecule has 1 unspecified atom stereocenters. The second-order valence-electron chi connectivity index (χ2n) is 6.89. The van der Waals surface area contributed by atoms with Crippen molar-refractivity contribution < 1.29 is 101 Å². The van der Waals surface area contributed by atoms with Crippen molar-refractivity contribution in [2.75, 3.05) is 26.4 Å². The third-order valence-electron chi connectivity index (χ3n) is 4.15. The summed E-state index contributed by atoms with van der Waals surface area (Å²) in [6.45, 7) is 5.20. The number of carbonyl (C=O) groups excluding carboxylic acids is 2. The molecule has 0 aliphatic heterocycles. The summed E-state index contributed by atoms with van der Waals surface area (Å²) < 4.78 is 48.9. The van der Waals surface area contributed by atoms with E-state index in [0.29, 0.717) is 13.2 Å². The summed E-state index contributed by atoms with van der Waals surface area (Å²) in [4.78, 5) is 22.7. The number of rotatable bonds is 19. The van der Waals surface area contributed by atoms with Crippen LogP contribution in [0.2, 0.25) is 0 Å². The molecule has 12 heteroatoms. The van der Waals surface area contributed by atoms with Gasteiger partial charge in [0.2, 0.25) is 0 Å². The molecule has 0 spiro atoms. The van der Waals surface area contributed by atoms with Crippen LogP contribution in [-0.2, 0) is 33.9 Å². The molecule has 1 atom stereocenters. The van der Waals surface area contributed by atoms with Crippen LogP contribution in [-0.4, -0.2) is 62.7 Å². The van der Waals surface area contributed by atoms with E-state index in [4.69, 9.17) is 14.2 Å². The van der Waals surface area contributed by atoms with Gasteiger partial charge in [0.15, 0.2) is 0 Å². The number of carboxylic acids is 1. The summed E-state index contributed by atoms with van der Waals surface area (Å²) in [5.41, 5.74) is 0. The van der Waals surface area contributed by atoms with Crippen molar-refractivity contribution in [2.45, 2.75) is 83.0 Å². The van der Waals surface area contributed by atoms with Crippen molar-refractivity contribution in [1.29, 1.82) is 0 Å². The molecule has 0 radical (unpaired) electrons. The van der Waals surface area contributed by atoms with Gasteiger partial charge in [0.1, 0.15) is 16.2 Å². The molecular weight excluding hydrogens is 450 g/mol. The third kappa shape index (κ3) is 21.1. The fourth-order valence-corrected chi connectivity index (χ4v) is 3.07. The second kappa shape index (κ2) is 22.6. The van der Waals surface area contributed by atoms with Gasteiger partial charge in [-0.05, 0) is 12.8 Å². The number of hydrogen-bond acceptors (Lipinski definition) is 9. The number of hydrogen-bond donors (Lipinski definition) is 0. The topological polar surface area (TPSA) is 142 Å². The molecule has 31 heavy (non-hydrogen) atoms. The Morgan fingerprint density at radius 1 is 0.839 bits per heavy atom. The van der Waals surface area contributed by atoms with E-state index < -0.39 is 39.8 Å². The number of esters is 1. The Bertz CT molecular complexity index is 543. The van der Waals surface area contributed by atoms with Crippen LogP contribution in [0.5, 0.6) is 0 Å². The maximum absolute atomic E-state index is 11.9. The van der Waals surface area contributed by atoms with Crippen molar-refractivity contribution in [1.82, 2.24) is 0 Å². The molecule has 0 fully saturated rings. The minimum Gasteiger partial charge on any atom is -0.747 e. The Balaban J connectivity index is -0.00000392. The zero-order valence-corrected chi connectivity index (χ0v) is 24.2. The van der Waals surface area contributed by atoms with Crippen LogP contribution in [0.4, 0.5) is 0 Å². The molecule has 0 aromatic heterocycles. The fraction of sp³-hybridized carbons (Fsp3) is 0.895. The Morgan fingerprint density at radius 2 is 1.29 bits per heavy atom. The number of aliphatic carboxylic acids is 1. The molecule has 0 rings (SSSR count). The Morgan fingerprint density at radius 3 is 1.65 bits per heavy atom. The monoisotopic (exact) mass is 484 g/mol. The quantitative estimate of drug-likeness (QED) is 0.0763. The first-order chi connectivity index (χ1) is 13.7. The van der Waals surface area contributed by atoms with Gasteiger partial charge in [-0.15, -0.1) is 0 Å². The van der Waals surface area contributed by atoms with Gasteiger partial charge < -0.3 is 28.7 Å². The molecule has 9 nitrogen and oxygen atoms in total. The van der Waals surface area contributed by atoms with Gasteiger partial charge in [-0.3, -0.25) is 4.79 Å². The van der Waals surface area contributed by atoms with Gasteiger partial charge >= 0.3 is 65.1 Å². The van der Waals surface area contributed by atoms with E-state index in [-0.39, 0.29) is 72.3 Å². The molecule has 0 aromatic carbocycles. The van der Waals surface area contributed by atoms with Gasteiger partial charge in [-0.1, -0.05) is 52.4 Å². The van der Waals surface area contributed by atoms with Crippen LogP contribution in [0.25, 0.3) is 0 Å². The number of unbranched alkanes of at least 4 members (excludes halogenated alkanes) is 6. The van der Waals surface area contributed by atoms with Gasteiger partial charge in [0, 0.05) is 13.2 Å². The van der Waals surface area contributed by atoms with Crippen LogP contribution in [0, 0.1) is 0 Å². The summed E-state index contributed by atoms with van der Waals surface area (Å²) in [5.74, 6) is -3.26. The van der Waals surface area contributed by atoms with E-state index in [1.54, 1.807) is 0 Å². The molecule has 0 aromatic rings. The first-order valence-electron chi connectivity index (χ1n) is 10.2.